The molecule has 0 radical (unpaired) electrons. The molecule has 1 N–H and O–H groups in total. The molecule has 0 saturated heterocycles. The van der Waals surface area contributed by atoms with Crippen molar-refractivity contribution in [3.05, 3.63) is 63.6 Å². The molecule has 0 unspecified atom stereocenters. The molecule has 1 aliphatic carbocycles. The van der Waals surface area contributed by atoms with E-state index >= 15 is 0 Å². The zero-order valence-electron chi connectivity index (χ0n) is 17.2. The third kappa shape index (κ3) is 6.21. The number of benzene rings is 1. The lowest BCUT2D eigenvalue weighted by Gasteiger charge is -2.21. The highest BCUT2D eigenvalue weighted by Crippen LogP contribution is 2.27. The van der Waals surface area contributed by atoms with E-state index in [1.54, 1.807) is 13.0 Å². The number of esters is 1. The number of pyridine rings is 1. The van der Waals surface area contributed by atoms with Gasteiger partial charge in [-0.1, -0.05) is 62.4 Å². The van der Waals surface area contributed by atoms with Crippen LogP contribution in [0.1, 0.15) is 67.1 Å². The second-order valence-electron chi connectivity index (χ2n) is 7.71. The minimum atomic E-state index is -0.629. The number of hydrogen-bond donors (Lipinski definition) is 1. The number of nitrogens with one attached hydrogen (secondary N) is 1. The Morgan fingerprint density at radius 1 is 1.10 bits per heavy atom. The highest BCUT2D eigenvalue weighted by molar-refractivity contribution is 5.92. The molecular formula is C24H31NO4. The number of carbonyl (C=O) groups is 1. The molecule has 0 aliphatic heterocycles. The van der Waals surface area contributed by atoms with Crippen molar-refractivity contribution in [2.75, 3.05) is 13.2 Å². The molecule has 1 fully saturated rings. The molecule has 1 heterocycles. The Balaban J connectivity index is 1.72. The van der Waals surface area contributed by atoms with Gasteiger partial charge in [-0.3, -0.25) is 4.79 Å². The van der Waals surface area contributed by atoms with Gasteiger partial charge in [0, 0.05) is 11.8 Å². The van der Waals surface area contributed by atoms with Gasteiger partial charge in [0.15, 0.2) is 5.56 Å². The van der Waals surface area contributed by atoms with Crippen LogP contribution in [0.5, 0.6) is 5.75 Å². The summed E-state index contributed by atoms with van der Waals surface area (Å²) in [5.41, 5.74) is 1.49. The molecule has 1 aliphatic rings. The lowest BCUT2D eigenvalue weighted by atomic mass is 9.87. The summed E-state index contributed by atoms with van der Waals surface area (Å²) in [4.78, 5) is 27.8. The van der Waals surface area contributed by atoms with E-state index in [0.717, 1.165) is 18.5 Å². The standard InChI is InChI=1S/C24H31NO4/c1-2-28-24(27)22-21(29-16-15-19-11-7-4-8-12-19)17-20(25-23(22)26)14-13-18-9-5-3-6-10-18/h3,5-6,9-10,17,19H,2,4,7-8,11-16H2,1H3,(H,25,26). The topological polar surface area (TPSA) is 68.4 Å². The van der Waals surface area contributed by atoms with Crippen molar-refractivity contribution in [1.82, 2.24) is 4.98 Å². The Hall–Kier alpha value is -2.56. The lowest BCUT2D eigenvalue weighted by molar-refractivity contribution is 0.0519. The first kappa shape index (κ1) is 21.2. The summed E-state index contributed by atoms with van der Waals surface area (Å²) in [6, 6.07) is 11.9. The quantitative estimate of drug-likeness (QED) is 0.624. The Labute approximate surface area is 172 Å². The fourth-order valence-corrected chi connectivity index (χ4v) is 3.97. The van der Waals surface area contributed by atoms with Crippen molar-refractivity contribution in [2.24, 2.45) is 5.92 Å². The highest BCUT2D eigenvalue weighted by Gasteiger charge is 2.21. The number of hydrogen-bond acceptors (Lipinski definition) is 4. The van der Waals surface area contributed by atoms with E-state index in [1.807, 2.05) is 18.2 Å². The number of carbonyl (C=O) groups excluding carboxylic acids is 1. The first-order valence-corrected chi connectivity index (χ1v) is 10.8. The maximum Gasteiger partial charge on any atom is 0.347 e. The minimum Gasteiger partial charge on any atom is -0.492 e. The minimum absolute atomic E-state index is 0.0287. The van der Waals surface area contributed by atoms with Gasteiger partial charge in [-0.25, -0.2) is 4.79 Å². The van der Waals surface area contributed by atoms with E-state index in [-0.39, 0.29) is 12.2 Å². The number of ether oxygens (including phenoxy) is 2. The van der Waals surface area contributed by atoms with Crippen LogP contribution in [-0.2, 0) is 17.6 Å². The second kappa shape index (κ2) is 10.8. The van der Waals surface area contributed by atoms with Crippen molar-refractivity contribution in [3.8, 4) is 5.75 Å². The monoisotopic (exact) mass is 397 g/mol. The molecule has 2 aromatic rings. The van der Waals surface area contributed by atoms with E-state index in [4.69, 9.17) is 9.47 Å². The summed E-state index contributed by atoms with van der Waals surface area (Å²) in [6.07, 6.45) is 8.80. The molecule has 29 heavy (non-hydrogen) atoms. The molecule has 0 spiro atoms. The molecule has 156 valence electrons. The van der Waals surface area contributed by atoms with E-state index < -0.39 is 11.5 Å². The predicted molar refractivity (Wildman–Crippen MR) is 114 cm³/mol. The lowest BCUT2D eigenvalue weighted by Crippen LogP contribution is -2.23. The van der Waals surface area contributed by atoms with Crippen molar-refractivity contribution in [3.63, 3.8) is 0 Å². The van der Waals surface area contributed by atoms with Crippen LogP contribution >= 0.6 is 0 Å². The van der Waals surface area contributed by atoms with Crippen LogP contribution < -0.4 is 10.3 Å². The van der Waals surface area contributed by atoms with Crippen molar-refractivity contribution < 1.29 is 14.3 Å². The Morgan fingerprint density at radius 3 is 2.59 bits per heavy atom. The summed E-state index contributed by atoms with van der Waals surface area (Å²) >= 11 is 0. The Bertz CT molecular complexity index is 838. The van der Waals surface area contributed by atoms with Crippen LogP contribution in [0.15, 0.2) is 41.2 Å². The van der Waals surface area contributed by atoms with Crippen molar-refractivity contribution in [1.29, 1.82) is 0 Å². The van der Waals surface area contributed by atoms with Crippen LogP contribution in [-0.4, -0.2) is 24.2 Å². The normalized spacial score (nSPS) is 14.5. The highest BCUT2D eigenvalue weighted by atomic mass is 16.5. The van der Waals surface area contributed by atoms with Gasteiger partial charge in [0.1, 0.15) is 5.75 Å². The van der Waals surface area contributed by atoms with Crippen LogP contribution in [0, 0.1) is 5.92 Å². The fourth-order valence-electron chi connectivity index (χ4n) is 3.97. The summed E-state index contributed by atoms with van der Waals surface area (Å²) in [7, 11) is 0. The maximum atomic E-state index is 12.6. The summed E-state index contributed by atoms with van der Waals surface area (Å²) in [6.45, 7) is 2.46. The van der Waals surface area contributed by atoms with Gasteiger partial charge in [-0.15, -0.1) is 0 Å². The van der Waals surface area contributed by atoms with Crippen LogP contribution in [0.4, 0.5) is 0 Å². The third-order valence-corrected chi connectivity index (χ3v) is 5.57. The van der Waals surface area contributed by atoms with E-state index in [0.29, 0.717) is 24.7 Å². The van der Waals surface area contributed by atoms with E-state index in [2.05, 4.69) is 17.1 Å². The van der Waals surface area contributed by atoms with Crippen LogP contribution in [0.25, 0.3) is 0 Å². The van der Waals surface area contributed by atoms with Gasteiger partial charge in [-0.05, 0) is 37.7 Å². The summed E-state index contributed by atoms with van der Waals surface area (Å²) in [5, 5.41) is 0. The van der Waals surface area contributed by atoms with Crippen molar-refractivity contribution >= 4 is 5.97 Å². The molecule has 3 rings (SSSR count). The van der Waals surface area contributed by atoms with Gasteiger partial charge >= 0.3 is 5.97 Å². The number of aryl methyl sites for hydroxylation is 2. The van der Waals surface area contributed by atoms with E-state index in [9.17, 15) is 9.59 Å². The molecule has 5 nitrogen and oxygen atoms in total. The van der Waals surface area contributed by atoms with Gasteiger partial charge in [-0.2, -0.15) is 0 Å². The predicted octanol–water partition coefficient (Wildman–Crippen LogP) is 4.69. The average Bonchev–Trinajstić information content (AvgIpc) is 2.74. The molecule has 0 bridgehead atoms. The fraction of sp³-hybridized carbons (Fsp3) is 0.500. The Morgan fingerprint density at radius 2 is 1.86 bits per heavy atom. The van der Waals surface area contributed by atoms with Gasteiger partial charge in [0.2, 0.25) is 0 Å². The first-order valence-electron chi connectivity index (χ1n) is 10.8. The number of aromatic nitrogens is 1. The third-order valence-electron chi connectivity index (χ3n) is 5.57. The summed E-state index contributed by atoms with van der Waals surface area (Å²) in [5.74, 6) is 0.386. The average molecular weight is 398 g/mol. The van der Waals surface area contributed by atoms with Gasteiger partial charge < -0.3 is 14.5 Å². The summed E-state index contributed by atoms with van der Waals surface area (Å²) < 4.78 is 11.0. The number of rotatable bonds is 9. The molecule has 0 amide bonds. The molecule has 0 atom stereocenters. The van der Waals surface area contributed by atoms with E-state index in [1.165, 1.54) is 37.7 Å². The van der Waals surface area contributed by atoms with Gasteiger partial charge in [0.05, 0.1) is 13.2 Å². The van der Waals surface area contributed by atoms with Gasteiger partial charge in [0.25, 0.3) is 5.56 Å². The molecule has 5 heteroatoms. The zero-order chi connectivity index (χ0) is 20.5. The van der Waals surface area contributed by atoms with Crippen molar-refractivity contribution in [2.45, 2.75) is 58.3 Å². The molecular weight excluding hydrogens is 366 g/mol. The second-order valence-corrected chi connectivity index (χ2v) is 7.71. The zero-order valence-corrected chi connectivity index (χ0v) is 17.2. The molecule has 1 aromatic carbocycles. The van der Waals surface area contributed by atoms with Crippen LogP contribution in [0.3, 0.4) is 0 Å². The maximum absolute atomic E-state index is 12.6. The number of aromatic amines is 1. The van der Waals surface area contributed by atoms with Crippen LogP contribution in [0.2, 0.25) is 0 Å². The molecule has 1 aromatic heterocycles. The Kier molecular flexibility index (Phi) is 7.91. The smallest absolute Gasteiger partial charge is 0.347 e. The number of H-pyrrole nitrogens is 1. The first-order chi connectivity index (χ1) is 14.2. The SMILES string of the molecule is CCOC(=O)c1c(OCCC2CCCCC2)cc(CCc2ccccc2)[nH]c1=O. The molecule has 1 saturated carbocycles. The largest absolute Gasteiger partial charge is 0.492 e.